The van der Waals surface area contributed by atoms with E-state index in [1.165, 1.54) is 11.8 Å². The van der Waals surface area contributed by atoms with Gasteiger partial charge in [-0.2, -0.15) is 0 Å². The number of carbonyl (C=O) groups excluding carboxylic acids is 1. The Morgan fingerprint density at radius 2 is 1.78 bits per heavy atom. The average Bonchev–Trinajstić information content (AvgIpc) is 3.25. The maximum absolute atomic E-state index is 12.6. The molecule has 0 saturated heterocycles. The Kier molecular flexibility index (Phi) is 6.51. The standard InChI is InChI=1S/C24H23N5O2S/c1-16-4-5-17(2)21(14-16)26-22(30)15-32-24-28-27-23(18-10-12-25-13-11-18)29(24)19-6-8-20(31-3)9-7-19/h4-14H,15H2,1-3H3,(H,26,30). The molecular formula is C24H23N5O2S. The van der Waals surface area contributed by atoms with Gasteiger partial charge in [-0.3, -0.25) is 14.3 Å². The first-order chi connectivity index (χ1) is 15.5. The van der Waals surface area contributed by atoms with E-state index in [9.17, 15) is 4.79 Å². The molecule has 8 heteroatoms. The number of aryl methyl sites for hydroxylation is 2. The lowest BCUT2D eigenvalue weighted by Gasteiger charge is -2.12. The number of nitrogens with zero attached hydrogens (tertiary/aromatic N) is 4. The summed E-state index contributed by atoms with van der Waals surface area (Å²) >= 11 is 1.34. The molecule has 0 aliphatic carbocycles. The number of methoxy groups -OCH3 is 1. The Bertz CT molecular complexity index is 1220. The number of hydrogen-bond donors (Lipinski definition) is 1. The fourth-order valence-electron chi connectivity index (χ4n) is 3.20. The molecule has 162 valence electrons. The van der Waals surface area contributed by atoms with Gasteiger partial charge in [-0.1, -0.05) is 23.9 Å². The van der Waals surface area contributed by atoms with Gasteiger partial charge in [0.25, 0.3) is 0 Å². The van der Waals surface area contributed by atoms with Gasteiger partial charge in [0.1, 0.15) is 5.75 Å². The summed E-state index contributed by atoms with van der Waals surface area (Å²) in [6, 6.07) is 17.4. The van der Waals surface area contributed by atoms with Gasteiger partial charge < -0.3 is 10.1 Å². The van der Waals surface area contributed by atoms with Gasteiger partial charge >= 0.3 is 0 Å². The number of thioether (sulfide) groups is 1. The van der Waals surface area contributed by atoms with Crippen molar-refractivity contribution in [3.8, 4) is 22.8 Å². The number of amides is 1. The molecule has 2 heterocycles. The highest BCUT2D eigenvalue weighted by Gasteiger charge is 2.17. The molecule has 0 fully saturated rings. The fraction of sp³-hybridized carbons (Fsp3) is 0.167. The smallest absolute Gasteiger partial charge is 0.234 e. The highest BCUT2D eigenvalue weighted by Crippen LogP contribution is 2.29. The number of nitrogens with one attached hydrogen (secondary N) is 1. The van der Waals surface area contributed by atoms with Crippen LogP contribution in [0, 0.1) is 13.8 Å². The van der Waals surface area contributed by atoms with Crippen molar-refractivity contribution >= 4 is 23.4 Å². The van der Waals surface area contributed by atoms with E-state index in [1.807, 2.05) is 73.0 Å². The molecule has 0 aliphatic rings. The van der Waals surface area contributed by atoms with Crippen molar-refractivity contribution in [2.75, 3.05) is 18.2 Å². The summed E-state index contributed by atoms with van der Waals surface area (Å²) in [5.41, 5.74) is 4.70. The van der Waals surface area contributed by atoms with Gasteiger partial charge in [-0.15, -0.1) is 10.2 Å². The largest absolute Gasteiger partial charge is 0.497 e. The SMILES string of the molecule is COc1ccc(-n2c(SCC(=O)Nc3cc(C)ccc3C)nnc2-c2ccncc2)cc1. The molecule has 0 unspecified atom stereocenters. The lowest BCUT2D eigenvalue weighted by Crippen LogP contribution is -2.15. The number of hydrogen-bond acceptors (Lipinski definition) is 6. The summed E-state index contributed by atoms with van der Waals surface area (Å²) in [5, 5.41) is 12.4. The van der Waals surface area contributed by atoms with Gasteiger partial charge in [0, 0.05) is 29.3 Å². The Morgan fingerprint density at radius 1 is 1.03 bits per heavy atom. The van der Waals surface area contributed by atoms with Crippen LogP contribution in [-0.2, 0) is 4.79 Å². The third-order valence-corrected chi connectivity index (χ3v) is 5.83. The molecule has 32 heavy (non-hydrogen) atoms. The normalized spacial score (nSPS) is 10.7. The van der Waals surface area contributed by atoms with Crippen LogP contribution < -0.4 is 10.1 Å². The molecule has 0 atom stereocenters. The first kappa shape index (κ1) is 21.6. The second-order valence-electron chi connectivity index (χ2n) is 7.23. The van der Waals surface area contributed by atoms with Crippen LogP contribution in [0.3, 0.4) is 0 Å². The molecule has 2 aromatic carbocycles. The predicted molar refractivity (Wildman–Crippen MR) is 126 cm³/mol. The summed E-state index contributed by atoms with van der Waals surface area (Å²) in [4.78, 5) is 16.7. The number of ether oxygens (including phenoxy) is 1. The quantitative estimate of drug-likeness (QED) is 0.416. The molecule has 0 aliphatic heterocycles. The summed E-state index contributed by atoms with van der Waals surface area (Å²) in [6.07, 6.45) is 3.43. The zero-order valence-corrected chi connectivity index (χ0v) is 18.9. The second-order valence-corrected chi connectivity index (χ2v) is 8.17. The number of benzene rings is 2. The molecule has 4 aromatic rings. The highest BCUT2D eigenvalue weighted by molar-refractivity contribution is 7.99. The van der Waals surface area contributed by atoms with Gasteiger partial charge in [0.2, 0.25) is 5.91 Å². The molecule has 0 spiro atoms. The van der Waals surface area contributed by atoms with E-state index < -0.39 is 0 Å². The van der Waals surface area contributed by atoms with E-state index in [-0.39, 0.29) is 11.7 Å². The van der Waals surface area contributed by atoms with Crippen LogP contribution >= 0.6 is 11.8 Å². The molecular weight excluding hydrogens is 422 g/mol. The summed E-state index contributed by atoms with van der Waals surface area (Å²) in [5.74, 6) is 1.54. The Labute approximate surface area is 190 Å². The van der Waals surface area contributed by atoms with E-state index >= 15 is 0 Å². The summed E-state index contributed by atoms with van der Waals surface area (Å²) < 4.78 is 7.21. The van der Waals surface area contributed by atoms with Gasteiger partial charge in [-0.25, -0.2) is 0 Å². The Morgan fingerprint density at radius 3 is 2.50 bits per heavy atom. The number of pyridine rings is 1. The van der Waals surface area contributed by atoms with Crippen LogP contribution in [0.4, 0.5) is 5.69 Å². The summed E-state index contributed by atoms with van der Waals surface area (Å²) in [7, 11) is 1.63. The maximum atomic E-state index is 12.6. The predicted octanol–water partition coefficient (Wildman–Crippen LogP) is 4.69. The molecule has 0 radical (unpaired) electrons. The first-order valence-electron chi connectivity index (χ1n) is 10.1. The van der Waals surface area contributed by atoms with Crippen LogP contribution in [0.15, 0.2) is 72.1 Å². The minimum Gasteiger partial charge on any atom is -0.497 e. The van der Waals surface area contributed by atoms with Crippen LogP contribution in [0.1, 0.15) is 11.1 Å². The Balaban J connectivity index is 1.60. The van der Waals surface area contributed by atoms with Crippen molar-refractivity contribution in [2.45, 2.75) is 19.0 Å². The molecule has 2 aromatic heterocycles. The van der Waals surface area contributed by atoms with Crippen molar-refractivity contribution in [3.63, 3.8) is 0 Å². The first-order valence-corrected chi connectivity index (χ1v) is 11.0. The van der Waals surface area contributed by atoms with Crippen molar-refractivity contribution in [1.29, 1.82) is 0 Å². The van der Waals surface area contributed by atoms with E-state index in [0.717, 1.165) is 33.8 Å². The zero-order valence-electron chi connectivity index (χ0n) is 18.1. The van der Waals surface area contributed by atoms with Crippen LogP contribution in [0.2, 0.25) is 0 Å². The van der Waals surface area contributed by atoms with E-state index in [0.29, 0.717) is 11.0 Å². The molecule has 1 amide bonds. The summed E-state index contributed by atoms with van der Waals surface area (Å²) in [6.45, 7) is 3.98. The zero-order chi connectivity index (χ0) is 22.5. The van der Waals surface area contributed by atoms with Crippen molar-refractivity contribution in [2.24, 2.45) is 0 Å². The van der Waals surface area contributed by atoms with Gasteiger partial charge in [0.05, 0.1) is 12.9 Å². The number of anilines is 1. The maximum Gasteiger partial charge on any atom is 0.234 e. The van der Waals surface area contributed by atoms with Crippen LogP contribution in [0.25, 0.3) is 17.1 Å². The molecule has 0 saturated carbocycles. The lowest BCUT2D eigenvalue weighted by molar-refractivity contribution is -0.113. The van der Waals surface area contributed by atoms with E-state index in [4.69, 9.17) is 4.74 Å². The average molecular weight is 446 g/mol. The van der Waals surface area contributed by atoms with Crippen LogP contribution in [0.5, 0.6) is 5.75 Å². The topological polar surface area (TPSA) is 81.9 Å². The molecule has 4 rings (SSSR count). The molecule has 7 nitrogen and oxygen atoms in total. The van der Waals surface area contributed by atoms with Crippen LogP contribution in [-0.4, -0.2) is 38.5 Å². The monoisotopic (exact) mass is 445 g/mol. The number of carbonyl (C=O) groups is 1. The number of rotatable bonds is 7. The van der Waals surface area contributed by atoms with Gasteiger partial charge in [-0.05, 0) is 67.4 Å². The molecule has 1 N–H and O–H groups in total. The second kappa shape index (κ2) is 9.65. The Hall–Kier alpha value is -3.65. The van der Waals surface area contributed by atoms with E-state index in [1.54, 1.807) is 19.5 Å². The highest BCUT2D eigenvalue weighted by atomic mass is 32.2. The fourth-order valence-corrected chi connectivity index (χ4v) is 3.95. The van der Waals surface area contributed by atoms with Crippen molar-refractivity contribution < 1.29 is 9.53 Å². The van der Waals surface area contributed by atoms with Gasteiger partial charge in [0.15, 0.2) is 11.0 Å². The third-order valence-electron chi connectivity index (χ3n) is 4.90. The minimum absolute atomic E-state index is 0.0987. The van der Waals surface area contributed by atoms with Crippen molar-refractivity contribution in [1.82, 2.24) is 19.7 Å². The molecule has 0 bridgehead atoms. The minimum atomic E-state index is -0.0987. The third kappa shape index (κ3) is 4.81. The van der Waals surface area contributed by atoms with E-state index in [2.05, 4.69) is 20.5 Å². The number of aromatic nitrogens is 4. The van der Waals surface area contributed by atoms with Crippen molar-refractivity contribution in [3.05, 3.63) is 78.1 Å². The lowest BCUT2D eigenvalue weighted by atomic mass is 10.1.